The van der Waals surface area contributed by atoms with Gasteiger partial charge in [-0.3, -0.25) is 9.69 Å². The number of H-pyrrole nitrogens is 1. The topological polar surface area (TPSA) is 128 Å². The largest absolute Gasteiger partial charge is 0.497 e. The molecule has 0 saturated heterocycles. The van der Waals surface area contributed by atoms with Gasteiger partial charge in [-0.25, -0.2) is 4.68 Å². The van der Waals surface area contributed by atoms with Crippen molar-refractivity contribution in [3.05, 3.63) is 69.8 Å². The number of aromatic nitrogens is 5. The van der Waals surface area contributed by atoms with Crippen LogP contribution in [0.5, 0.6) is 17.2 Å². The van der Waals surface area contributed by atoms with Crippen LogP contribution in [0.25, 0.3) is 10.9 Å². The molecule has 1 atom stereocenters. The Bertz CT molecular complexity index is 1420. The minimum absolute atomic E-state index is 0.0429. The molecule has 2 aromatic heterocycles. The first-order chi connectivity index (χ1) is 18.1. The lowest BCUT2D eigenvalue weighted by atomic mass is 10.1. The molecule has 11 nitrogen and oxygen atoms in total. The van der Waals surface area contributed by atoms with Gasteiger partial charge in [0, 0.05) is 36.7 Å². The van der Waals surface area contributed by atoms with E-state index in [1.165, 1.54) is 0 Å². The van der Waals surface area contributed by atoms with Gasteiger partial charge in [0.15, 0.2) is 17.3 Å². The first kappa shape index (κ1) is 24.7. The van der Waals surface area contributed by atoms with Crippen LogP contribution in [-0.2, 0) is 13.1 Å². The molecular formula is C26H30N6O5. The van der Waals surface area contributed by atoms with Crippen LogP contribution in [0.4, 0.5) is 0 Å². The Morgan fingerprint density at radius 3 is 2.70 bits per heavy atom. The molecule has 0 amide bonds. The predicted molar refractivity (Wildman–Crippen MR) is 136 cm³/mol. The molecule has 11 heteroatoms. The summed E-state index contributed by atoms with van der Waals surface area (Å²) in [5, 5.41) is 23.0. The van der Waals surface area contributed by atoms with E-state index in [1.807, 2.05) is 36.4 Å². The lowest BCUT2D eigenvalue weighted by Crippen LogP contribution is -2.34. The fourth-order valence-electron chi connectivity index (χ4n) is 4.67. The van der Waals surface area contributed by atoms with E-state index in [0.29, 0.717) is 54.5 Å². The molecule has 5 rings (SSSR count). The maximum Gasteiger partial charge on any atom is 0.252 e. The first-order valence-corrected chi connectivity index (χ1v) is 12.3. The highest BCUT2D eigenvalue weighted by Crippen LogP contribution is 2.35. The number of aromatic amines is 1. The minimum atomic E-state index is -0.173. The van der Waals surface area contributed by atoms with Crippen molar-refractivity contribution in [1.82, 2.24) is 30.1 Å². The van der Waals surface area contributed by atoms with E-state index in [4.69, 9.17) is 14.2 Å². The number of aliphatic hydroxyl groups is 1. The quantitative estimate of drug-likeness (QED) is 0.315. The van der Waals surface area contributed by atoms with Crippen molar-refractivity contribution in [1.29, 1.82) is 0 Å². The fourth-order valence-corrected chi connectivity index (χ4v) is 4.67. The number of benzene rings is 2. The normalized spacial score (nSPS) is 13.4. The highest BCUT2D eigenvalue weighted by atomic mass is 16.7. The van der Waals surface area contributed by atoms with Crippen molar-refractivity contribution in [2.24, 2.45) is 0 Å². The summed E-state index contributed by atoms with van der Waals surface area (Å²) in [7, 11) is 1.64. The van der Waals surface area contributed by atoms with Crippen molar-refractivity contribution in [3.8, 4) is 17.2 Å². The van der Waals surface area contributed by atoms with Gasteiger partial charge in [-0.05, 0) is 53.1 Å². The monoisotopic (exact) mass is 506 g/mol. The summed E-state index contributed by atoms with van der Waals surface area (Å²) in [6.07, 6.45) is 1.28. The summed E-state index contributed by atoms with van der Waals surface area (Å²) in [6, 6.07) is 13.2. The van der Waals surface area contributed by atoms with Gasteiger partial charge in [0.2, 0.25) is 6.79 Å². The van der Waals surface area contributed by atoms with E-state index in [2.05, 4.69) is 32.3 Å². The zero-order valence-electron chi connectivity index (χ0n) is 20.9. The molecule has 0 bridgehead atoms. The van der Waals surface area contributed by atoms with E-state index in [9.17, 15) is 9.90 Å². The Morgan fingerprint density at radius 1 is 1.19 bits per heavy atom. The van der Waals surface area contributed by atoms with Crippen LogP contribution >= 0.6 is 0 Å². The third kappa shape index (κ3) is 5.27. The van der Waals surface area contributed by atoms with E-state index in [1.54, 1.807) is 17.9 Å². The van der Waals surface area contributed by atoms with Gasteiger partial charge in [0.25, 0.3) is 5.56 Å². The smallest absolute Gasteiger partial charge is 0.252 e. The summed E-state index contributed by atoms with van der Waals surface area (Å²) in [4.78, 5) is 18.2. The molecule has 2 N–H and O–H groups in total. The number of hydrogen-bond donors (Lipinski definition) is 2. The van der Waals surface area contributed by atoms with Gasteiger partial charge in [-0.1, -0.05) is 19.1 Å². The minimum Gasteiger partial charge on any atom is -0.497 e. The van der Waals surface area contributed by atoms with E-state index < -0.39 is 0 Å². The Balaban J connectivity index is 1.43. The second-order valence-corrected chi connectivity index (χ2v) is 8.93. The molecule has 37 heavy (non-hydrogen) atoms. The molecular weight excluding hydrogens is 476 g/mol. The number of rotatable bonds is 11. The highest BCUT2D eigenvalue weighted by molar-refractivity contribution is 5.83. The number of tetrazole rings is 1. The zero-order valence-corrected chi connectivity index (χ0v) is 20.9. The average molecular weight is 507 g/mol. The van der Waals surface area contributed by atoms with Crippen molar-refractivity contribution in [2.75, 3.05) is 27.1 Å². The molecule has 194 valence electrons. The lowest BCUT2D eigenvalue weighted by Gasteiger charge is -2.30. The van der Waals surface area contributed by atoms with Crippen LogP contribution in [0.1, 0.15) is 42.8 Å². The molecule has 1 aliphatic heterocycles. The van der Waals surface area contributed by atoms with Gasteiger partial charge in [-0.2, -0.15) is 0 Å². The first-order valence-electron chi connectivity index (χ1n) is 12.3. The molecule has 0 spiro atoms. The molecule has 2 aromatic carbocycles. The van der Waals surface area contributed by atoms with Crippen LogP contribution in [0, 0.1) is 0 Å². The Kier molecular flexibility index (Phi) is 7.33. The zero-order chi connectivity index (χ0) is 25.8. The van der Waals surface area contributed by atoms with Gasteiger partial charge in [0.05, 0.1) is 25.2 Å². The van der Waals surface area contributed by atoms with Gasteiger partial charge < -0.3 is 24.3 Å². The third-order valence-corrected chi connectivity index (χ3v) is 6.57. The van der Waals surface area contributed by atoms with Crippen molar-refractivity contribution < 1.29 is 19.3 Å². The molecule has 4 aromatic rings. The maximum atomic E-state index is 13.0. The average Bonchev–Trinajstić information content (AvgIpc) is 3.56. The Morgan fingerprint density at radius 2 is 1.97 bits per heavy atom. The highest BCUT2D eigenvalue weighted by Gasteiger charge is 2.26. The van der Waals surface area contributed by atoms with Crippen LogP contribution in [0.15, 0.2) is 47.3 Å². The number of hydrogen-bond acceptors (Lipinski definition) is 9. The summed E-state index contributed by atoms with van der Waals surface area (Å²) < 4.78 is 18.0. The molecule has 0 fully saturated rings. The van der Waals surface area contributed by atoms with Crippen molar-refractivity contribution in [3.63, 3.8) is 0 Å². The molecule has 0 radical (unpaired) electrons. The van der Waals surface area contributed by atoms with Gasteiger partial charge in [-0.15, -0.1) is 5.10 Å². The second kappa shape index (κ2) is 11.0. The lowest BCUT2D eigenvalue weighted by molar-refractivity contribution is 0.152. The number of methoxy groups -OCH3 is 1. The van der Waals surface area contributed by atoms with Crippen LogP contribution < -0.4 is 19.8 Å². The standard InChI is InChI=1S/C26H30N6O5/c1-3-22(25-28-29-30-32(25)14-17-5-7-20(35-2)8-6-17)31(9-4-10-33)15-19-11-18-12-23-24(37-16-36-23)13-21(18)27-26(19)34/h5-8,11-13,22,33H,3-4,9-10,14-16H2,1-2H3,(H,27,34)/t22-/m0/s1. The predicted octanol–water partition coefficient (Wildman–Crippen LogP) is 2.64. The number of nitrogens with one attached hydrogen (secondary N) is 1. The van der Waals surface area contributed by atoms with Gasteiger partial charge >= 0.3 is 0 Å². The van der Waals surface area contributed by atoms with Crippen molar-refractivity contribution in [2.45, 2.75) is 38.9 Å². The molecule has 1 aliphatic rings. The summed E-state index contributed by atoms with van der Waals surface area (Å²) in [5.74, 6) is 2.77. The van der Waals surface area contributed by atoms with Crippen LogP contribution in [0.2, 0.25) is 0 Å². The molecule has 0 aliphatic carbocycles. The fraction of sp³-hybridized carbons (Fsp3) is 0.385. The van der Waals surface area contributed by atoms with E-state index in [0.717, 1.165) is 23.1 Å². The Hall–Kier alpha value is -3.96. The third-order valence-electron chi connectivity index (χ3n) is 6.57. The molecule has 0 unspecified atom stereocenters. The van der Waals surface area contributed by atoms with Crippen LogP contribution in [0.3, 0.4) is 0 Å². The van der Waals surface area contributed by atoms with Crippen molar-refractivity contribution >= 4 is 10.9 Å². The number of aliphatic hydroxyl groups excluding tert-OH is 1. The SMILES string of the molecule is CC[C@@H](c1nnnn1Cc1ccc(OC)cc1)N(CCCO)Cc1cc2cc3c(cc2[nH]c1=O)OCO3. The number of pyridine rings is 1. The summed E-state index contributed by atoms with van der Waals surface area (Å²) in [6.45, 7) is 3.72. The Labute approximate surface area is 213 Å². The van der Waals surface area contributed by atoms with E-state index in [-0.39, 0.29) is 25.0 Å². The number of ether oxygens (including phenoxy) is 3. The van der Waals surface area contributed by atoms with E-state index >= 15 is 0 Å². The molecule has 3 heterocycles. The number of fused-ring (bicyclic) bond motifs is 2. The van der Waals surface area contributed by atoms with Crippen LogP contribution in [-0.4, -0.2) is 62.3 Å². The van der Waals surface area contributed by atoms with Gasteiger partial charge in [0.1, 0.15) is 5.75 Å². The maximum absolute atomic E-state index is 13.0. The number of nitrogens with zero attached hydrogens (tertiary/aromatic N) is 5. The summed E-state index contributed by atoms with van der Waals surface area (Å²) in [5.41, 5.74) is 2.16. The molecule has 0 saturated carbocycles. The summed E-state index contributed by atoms with van der Waals surface area (Å²) >= 11 is 0. The second-order valence-electron chi connectivity index (χ2n) is 8.93.